The first-order chi connectivity index (χ1) is 10.6. The number of likely N-dealkylation sites (tertiary alicyclic amines) is 1. The zero-order valence-corrected chi connectivity index (χ0v) is 14.4. The summed E-state index contributed by atoms with van der Waals surface area (Å²) in [5, 5.41) is 0.600. The number of thioether (sulfide) groups is 1. The molecule has 2 atom stereocenters. The highest BCUT2D eigenvalue weighted by atomic mass is 35.5. The van der Waals surface area contributed by atoms with Gasteiger partial charge in [-0.05, 0) is 43.4 Å². The fourth-order valence-corrected chi connectivity index (χ4v) is 3.23. The molecular weight excluding hydrogens is 320 g/mol. The molecule has 1 aliphatic heterocycles. The summed E-state index contributed by atoms with van der Waals surface area (Å²) in [5.41, 5.74) is 5.99. The van der Waals surface area contributed by atoms with E-state index < -0.39 is 6.04 Å². The maximum atomic E-state index is 12.4. The average Bonchev–Trinajstić information content (AvgIpc) is 2.54. The van der Waals surface area contributed by atoms with E-state index in [0.717, 1.165) is 25.1 Å². The Labute approximate surface area is 141 Å². The number of hydrogen-bond donors (Lipinski definition) is 1. The molecule has 122 valence electrons. The Hall–Kier alpha value is -0.910. The Morgan fingerprint density at radius 1 is 1.55 bits per heavy atom. The first kappa shape index (κ1) is 17.4. The lowest BCUT2D eigenvalue weighted by molar-refractivity contribution is -0.135. The van der Waals surface area contributed by atoms with Crippen molar-refractivity contribution < 1.29 is 9.53 Å². The Kier molecular flexibility index (Phi) is 6.86. The minimum atomic E-state index is -0.411. The molecule has 0 saturated carbocycles. The number of nitrogens with zero attached hydrogens (tertiary/aromatic N) is 1. The second-order valence-electron chi connectivity index (χ2n) is 5.48. The van der Waals surface area contributed by atoms with Crippen molar-refractivity contribution in [1.29, 1.82) is 0 Å². The van der Waals surface area contributed by atoms with Crippen LogP contribution in [0, 0.1) is 0 Å². The summed E-state index contributed by atoms with van der Waals surface area (Å²) in [5.74, 6) is 1.61. The van der Waals surface area contributed by atoms with E-state index in [9.17, 15) is 4.79 Å². The molecule has 1 aliphatic rings. The average molecular weight is 343 g/mol. The van der Waals surface area contributed by atoms with Gasteiger partial charge in [0.15, 0.2) is 0 Å². The number of ether oxygens (including phenoxy) is 1. The van der Waals surface area contributed by atoms with Crippen molar-refractivity contribution in [3.05, 3.63) is 29.3 Å². The van der Waals surface area contributed by atoms with Crippen LogP contribution in [0.25, 0.3) is 0 Å². The highest BCUT2D eigenvalue weighted by molar-refractivity contribution is 7.98. The van der Waals surface area contributed by atoms with Crippen LogP contribution < -0.4 is 10.5 Å². The largest absolute Gasteiger partial charge is 0.487 e. The molecule has 0 aromatic heterocycles. The predicted octanol–water partition coefficient (Wildman–Crippen LogP) is 2.79. The molecule has 1 aromatic carbocycles. The number of carbonyl (C=O) groups excluding carboxylic acids is 1. The number of amides is 1. The molecule has 1 unspecified atom stereocenters. The summed E-state index contributed by atoms with van der Waals surface area (Å²) in [7, 11) is 0. The number of carbonyl (C=O) groups is 1. The molecule has 1 heterocycles. The van der Waals surface area contributed by atoms with E-state index >= 15 is 0 Å². The van der Waals surface area contributed by atoms with Gasteiger partial charge in [0.05, 0.1) is 17.6 Å². The highest BCUT2D eigenvalue weighted by Gasteiger charge is 2.28. The van der Waals surface area contributed by atoms with Crippen molar-refractivity contribution in [3.8, 4) is 5.75 Å². The summed E-state index contributed by atoms with van der Waals surface area (Å²) in [6, 6.07) is 7.02. The normalized spacial score (nSPS) is 19.8. The van der Waals surface area contributed by atoms with E-state index in [1.807, 2.05) is 29.4 Å². The van der Waals surface area contributed by atoms with Crippen molar-refractivity contribution in [2.45, 2.75) is 31.4 Å². The maximum absolute atomic E-state index is 12.4. The fraction of sp³-hybridized carbons (Fsp3) is 0.562. The van der Waals surface area contributed by atoms with Crippen molar-refractivity contribution in [1.82, 2.24) is 4.90 Å². The topological polar surface area (TPSA) is 55.6 Å². The van der Waals surface area contributed by atoms with Gasteiger partial charge in [-0.3, -0.25) is 4.79 Å². The Morgan fingerprint density at radius 3 is 3.05 bits per heavy atom. The Bertz CT molecular complexity index is 501. The number of benzene rings is 1. The number of para-hydroxylation sites is 1. The third-order valence-electron chi connectivity index (χ3n) is 3.77. The monoisotopic (exact) mass is 342 g/mol. The molecule has 2 rings (SSSR count). The molecule has 0 aliphatic carbocycles. The van der Waals surface area contributed by atoms with Gasteiger partial charge in [-0.2, -0.15) is 11.8 Å². The van der Waals surface area contributed by atoms with Gasteiger partial charge in [-0.1, -0.05) is 23.7 Å². The van der Waals surface area contributed by atoms with Crippen molar-refractivity contribution in [2.24, 2.45) is 5.73 Å². The van der Waals surface area contributed by atoms with Gasteiger partial charge >= 0.3 is 0 Å². The molecule has 1 amide bonds. The van der Waals surface area contributed by atoms with E-state index in [1.165, 1.54) is 0 Å². The number of rotatable bonds is 6. The van der Waals surface area contributed by atoms with Crippen LogP contribution >= 0.6 is 23.4 Å². The minimum absolute atomic E-state index is 0.0228. The van der Waals surface area contributed by atoms with Crippen molar-refractivity contribution >= 4 is 29.3 Å². The lowest BCUT2D eigenvalue weighted by Gasteiger charge is -2.34. The third-order valence-corrected chi connectivity index (χ3v) is 4.73. The highest BCUT2D eigenvalue weighted by Crippen LogP contribution is 2.26. The van der Waals surface area contributed by atoms with Gasteiger partial charge < -0.3 is 15.4 Å². The van der Waals surface area contributed by atoms with Gasteiger partial charge in [0.25, 0.3) is 0 Å². The molecule has 0 radical (unpaired) electrons. The van der Waals surface area contributed by atoms with Gasteiger partial charge in [0.1, 0.15) is 11.9 Å². The van der Waals surface area contributed by atoms with E-state index in [0.29, 0.717) is 23.7 Å². The smallest absolute Gasteiger partial charge is 0.239 e. The van der Waals surface area contributed by atoms with Crippen LogP contribution in [0.5, 0.6) is 5.75 Å². The maximum Gasteiger partial charge on any atom is 0.239 e. The van der Waals surface area contributed by atoms with E-state index in [1.54, 1.807) is 17.8 Å². The fourth-order valence-electron chi connectivity index (χ4n) is 2.56. The predicted molar refractivity (Wildman–Crippen MR) is 92.7 cm³/mol. The number of halogens is 1. The minimum Gasteiger partial charge on any atom is -0.487 e. The Balaban J connectivity index is 1.91. The van der Waals surface area contributed by atoms with Crippen LogP contribution in [0.4, 0.5) is 0 Å². The number of piperidine rings is 1. The van der Waals surface area contributed by atoms with Crippen molar-refractivity contribution in [2.75, 3.05) is 25.1 Å². The van der Waals surface area contributed by atoms with Crippen LogP contribution in [0.3, 0.4) is 0 Å². The molecule has 1 aromatic rings. The zero-order chi connectivity index (χ0) is 15.9. The molecule has 22 heavy (non-hydrogen) atoms. The van der Waals surface area contributed by atoms with Crippen LogP contribution in [-0.4, -0.2) is 48.1 Å². The van der Waals surface area contributed by atoms with Gasteiger partial charge in [-0.25, -0.2) is 0 Å². The molecule has 1 saturated heterocycles. The number of hydrogen-bond acceptors (Lipinski definition) is 4. The van der Waals surface area contributed by atoms with Crippen molar-refractivity contribution in [3.63, 3.8) is 0 Å². The van der Waals surface area contributed by atoms with Crippen LogP contribution in [0.2, 0.25) is 5.02 Å². The molecule has 6 heteroatoms. The lowest BCUT2D eigenvalue weighted by atomic mass is 10.1. The molecule has 1 fully saturated rings. The van der Waals surface area contributed by atoms with Gasteiger partial charge in [0, 0.05) is 6.54 Å². The van der Waals surface area contributed by atoms with E-state index in [-0.39, 0.29) is 12.0 Å². The van der Waals surface area contributed by atoms with Crippen LogP contribution in [0.15, 0.2) is 24.3 Å². The van der Waals surface area contributed by atoms with Crippen LogP contribution in [0.1, 0.15) is 19.3 Å². The first-order valence-electron chi connectivity index (χ1n) is 7.56. The molecular formula is C16H23ClN2O2S. The van der Waals surface area contributed by atoms with Gasteiger partial charge in [0.2, 0.25) is 5.91 Å². The van der Waals surface area contributed by atoms with E-state index in [4.69, 9.17) is 22.1 Å². The second kappa shape index (κ2) is 8.65. The van der Waals surface area contributed by atoms with Gasteiger partial charge in [-0.15, -0.1) is 0 Å². The zero-order valence-electron chi connectivity index (χ0n) is 12.8. The summed E-state index contributed by atoms with van der Waals surface area (Å²) < 4.78 is 5.96. The molecule has 0 bridgehead atoms. The summed E-state index contributed by atoms with van der Waals surface area (Å²) in [6.45, 7) is 1.34. The summed E-state index contributed by atoms with van der Waals surface area (Å²) >= 11 is 7.83. The van der Waals surface area contributed by atoms with Crippen LogP contribution in [-0.2, 0) is 4.79 Å². The number of nitrogens with two attached hydrogens (primary N) is 1. The second-order valence-corrected chi connectivity index (χ2v) is 6.88. The van der Waals surface area contributed by atoms with E-state index in [2.05, 4.69) is 0 Å². The lowest BCUT2D eigenvalue weighted by Crippen LogP contribution is -2.50. The quantitative estimate of drug-likeness (QED) is 0.863. The third kappa shape index (κ3) is 4.80. The standard InChI is InChI=1S/C16H23ClN2O2S/c1-22-10-8-14(18)16(20)19-9-4-5-12(11-19)21-15-7-3-2-6-13(15)17/h2-3,6-7,12,14H,4-5,8-11,18H2,1H3/t12?,14-/m0/s1. The summed E-state index contributed by atoms with van der Waals surface area (Å²) in [6.07, 6.45) is 4.56. The molecule has 4 nitrogen and oxygen atoms in total. The first-order valence-corrected chi connectivity index (χ1v) is 9.33. The Morgan fingerprint density at radius 2 is 2.32 bits per heavy atom. The summed E-state index contributed by atoms with van der Waals surface area (Å²) in [4.78, 5) is 14.2. The molecule has 2 N–H and O–H groups in total. The molecule has 0 spiro atoms. The SMILES string of the molecule is CSCC[C@H](N)C(=O)N1CCCC(Oc2ccccc2Cl)C1.